The third-order valence-electron chi connectivity index (χ3n) is 3.81. The van der Waals surface area contributed by atoms with E-state index >= 15 is 0 Å². The Kier molecular flexibility index (Phi) is 3.92. The van der Waals surface area contributed by atoms with Gasteiger partial charge in [0.1, 0.15) is 0 Å². The summed E-state index contributed by atoms with van der Waals surface area (Å²) in [5.41, 5.74) is 5.01. The first-order valence-electron chi connectivity index (χ1n) is 7.37. The van der Waals surface area contributed by atoms with Crippen molar-refractivity contribution in [1.29, 1.82) is 0 Å². The lowest BCUT2D eigenvalue weighted by Gasteiger charge is -2.15. The highest BCUT2D eigenvalue weighted by Crippen LogP contribution is 2.32. The van der Waals surface area contributed by atoms with E-state index in [1.807, 2.05) is 44.4 Å². The fourth-order valence-corrected chi connectivity index (χ4v) is 2.57. The largest absolute Gasteiger partial charge is 0.379 e. The maximum absolute atomic E-state index is 12.1. The predicted molar refractivity (Wildman–Crippen MR) is 88.4 cm³/mol. The highest BCUT2D eigenvalue weighted by Gasteiger charge is 2.24. The highest BCUT2D eigenvalue weighted by atomic mass is 16.2. The minimum absolute atomic E-state index is 0.0311. The van der Waals surface area contributed by atoms with Crippen molar-refractivity contribution in [2.45, 2.75) is 13.3 Å². The fourth-order valence-electron chi connectivity index (χ4n) is 2.57. The normalized spacial score (nSPS) is 14.8. The molecule has 1 aliphatic rings. The molecule has 1 aromatic carbocycles. The lowest BCUT2D eigenvalue weighted by atomic mass is 10.1. The number of aromatic nitrogens is 1. The van der Waals surface area contributed by atoms with Crippen LogP contribution in [0.4, 0.5) is 5.69 Å². The summed E-state index contributed by atoms with van der Waals surface area (Å²) in [6, 6.07) is 10.1. The Morgan fingerprint density at radius 2 is 2.00 bits per heavy atom. The van der Waals surface area contributed by atoms with Crippen LogP contribution in [-0.2, 0) is 11.2 Å². The molecule has 22 heavy (non-hydrogen) atoms. The summed E-state index contributed by atoms with van der Waals surface area (Å²) in [6.45, 7) is 2.88. The van der Waals surface area contributed by atoms with Crippen molar-refractivity contribution in [2.75, 3.05) is 18.9 Å². The van der Waals surface area contributed by atoms with Crippen molar-refractivity contribution in [3.05, 3.63) is 65.6 Å². The number of aryl methyl sites for hydroxylation is 1. The van der Waals surface area contributed by atoms with Gasteiger partial charge in [0.2, 0.25) is 0 Å². The van der Waals surface area contributed by atoms with E-state index in [4.69, 9.17) is 0 Å². The molecule has 0 radical (unpaired) electrons. The molecule has 0 saturated heterocycles. The molecule has 112 valence electrons. The summed E-state index contributed by atoms with van der Waals surface area (Å²) >= 11 is 0. The number of rotatable bonds is 4. The Hall–Kier alpha value is -2.62. The fraction of sp³-hybridized carbons (Fsp3) is 0.222. The Morgan fingerprint density at radius 3 is 2.77 bits per heavy atom. The Bertz CT molecular complexity index is 722. The smallest absolute Gasteiger partial charge is 0.257 e. The van der Waals surface area contributed by atoms with Gasteiger partial charge in [-0.1, -0.05) is 11.6 Å². The number of fused-ring (bicyclic) bond motifs is 1. The van der Waals surface area contributed by atoms with Crippen LogP contribution in [0.15, 0.2) is 48.9 Å². The lowest BCUT2D eigenvalue weighted by Crippen LogP contribution is -2.16. The van der Waals surface area contributed by atoms with Crippen molar-refractivity contribution >= 4 is 17.2 Å². The van der Waals surface area contributed by atoms with Gasteiger partial charge in [-0.3, -0.25) is 9.78 Å². The van der Waals surface area contributed by atoms with Gasteiger partial charge in [-0.2, -0.15) is 0 Å². The summed E-state index contributed by atoms with van der Waals surface area (Å²) in [6.07, 6.45) is 6.46. The number of nitrogens with one attached hydrogen (secondary N) is 1. The van der Waals surface area contributed by atoms with Gasteiger partial charge >= 0.3 is 0 Å². The van der Waals surface area contributed by atoms with E-state index < -0.39 is 0 Å². The van der Waals surface area contributed by atoms with Crippen LogP contribution in [0.25, 0.3) is 5.57 Å². The van der Waals surface area contributed by atoms with Crippen LogP contribution in [0.1, 0.15) is 16.7 Å². The summed E-state index contributed by atoms with van der Waals surface area (Å²) < 4.78 is 0. The van der Waals surface area contributed by atoms with Crippen LogP contribution in [0, 0.1) is 6.92 Å². The zero-order valence-corrected chi connectivity index (χ0v) is 12.8. The molecule has 1 aromatic heterocycles. The molecule has 1 N–H and O–H groups in total. The number of carbonyl (C=O) groups is 1. The van der Waals surface area contributed by atoms with Gasteiger partial charge in [0.15, 0.2) is 0 Å². The molecule has 0 atom stereocenters. The van der Waals surface area contributed by atoms with Gasteiger partial charge < -0.3 is 10.2 Å². The third kappa shape index (κ3) is 3.01. The van der Waals surface area contributed by atoms with E-state index in [1.54, 1.807) is 12.4 Å². The van der Waals surface area contributed by atoms with Crippen molar-refractivity contribution < 1.29 is 4.79 Å². The number of amides is 1. The molecule has 3 rings (SSSR count). The maximum Gasteiger partial charge on any atom is 0.257 e. The molecular weight excluding hydrogens is 274 g/mol. The molecule has 1 aliphatic heterocycles. The van der Waals surface area contributed by atoms with E-state index in [1.165, 1.54) is 5.56 Å². The van der Waals surface area contributed by atoms with Crippen LogP contribution in [0.3, 0.4) is 0 Å². The Labute approximate surface area is 130 Å². The van der Waals surface area contributed by atoms with E-state index in [0.29, 0.717) is 0 Å². The van der Waals surface area contributed by atoms with Crippen LogP contribution in [0.2, 0.25) is 0 Å². The average Bonchev–Trinajstić information content (AvgIpc) is 2.82. The van der Waals surface area contributed by atoms with Crippen molar-refractivity contribution in [1.82, 2.24) is 9.88 Å². The van der Waals surface area contributed by atoms with E-state index in [-0.39, 0.29) is 5.91 Å². The standard InChI is InChI=1S/C18H19N3O/c1-13-3-4-17-15(11-13)16(18(22)20-17)12-21(2)10-7-14-5-8-19-9-6-14/h3-6,8-9,11-12H,7,10H2,1-2H3,(H,20,22)/b16-12+. The number of hydrogen-bond acceptors (Lipinski definition) is 3. The third-order valence-corrected chi connectivity index (χ3v) is 3.81. The minimum Gasteiger partial charge on any atom is -0.379 e. The number of anilines is 1. The number of benzene rings is 1. The zero-order chi connectivity index (χ0) is 15.5. The second-order valence-electron chi connectivity index (χ2n) is 5.63. The first-order valence-corrected chi connectivity index (χ1v) is 7.37. The quantitative estimate of drug-likeness (QED) is 0.882. The van der Waals surface area contributed by atoms with Gasteiger partial charge in [0.05, 0.1) is 5.57 Å². The molecule has 0 aliphatic carbocycles. The number of pyridine rings is 1. The summed E-state index contributed by atoms with van der Waals surface area (Å²) in [5.74, 6) is -0.0311. The van der Waals surface area contributed by atoms with Crippen LogP contribution < -0.4 is 5.32 Å². The number of carbonyl (C=O) groups excluding carboxylic acids is 1. The van der Waals surface area contributed by atoms with Gasteiger partial charge in [-0.25, -0.2) is 0 Å². The van der Waals surface area contributed by atoms with E-state index in [9.17, 15) is 4.79 Å². The molecule has 4 nitrogen and oxygen atoms in total. The second-order valence-corrected chi connectivity index (χ2v) is 5.63. The minimum atomic E-state index is -0.0311. The molecule has 4 heteroatoms. The summed E-state index contributed by atoms with van der Waals surface area (Å²) in [4.78, 5) is 18.2. The zero-order valence-electron chi connectivity index (χ0n) is 12.8. The van der Waals surface area contributed by atoms with Crippen LogP contribution >= 0.6 is 0 Å². The predicted octanol–water partition coefficient (Wildman–Crippen LogP) is 2.86. The summed E-state index contributed by atoms with van der Waals surface area (Å²) in [7, 11) is 2.00. The Balaban J connectivity index is 1.74. The van der Waals surface area contributed by atoms with Crippen molar-refractivity contribution in [2.24, 2.45) is 0 Å². The molecule has 0 bridgehead atoms. The van der Waals surface area contributed by atoms with Gasteiger partial charge in [0.25, 0.3) is 5.91 Å². The van der Waals surface area contributed by atoms with Crippen LogP contribution in [0.5, 0.6) is 0 Å². The lowest BCUT2D eigenvalue weighted by molar-refractivity contribution is -0.110. The Morgan fingerprint density at radius 1 is 1.23 bits per heavy atom. The van der Waals surface area contributed by atoms with Crippen molar-refractivity contribution in [3.8, 4) is 0 Å². The average molecular weight is 293 g/mol. The van der Waals surface area contributed by atoms with Gasteiger partial charge in [0, 0.05) is 43.4 Å². The van der Waals surface area contributed by atoms with E-state index in [2.05, 4.69) is 21.3 Å². The SMILES string of the molecule is Cc1ccc2c(c1)/C(=C\N(C)CCc1ccncc1)C(=O)N2. The number of hydrogen-bond donors (Lipinski definition) is 1. The molecule has 0 saturated carbocycles. The topological polar surface area (TPSA) is 45.2 Å². The molecule has 0 spiro atoms. The molecule has 0 fully saturated rings. The van der Waals surface area contributed by atoms with Gasteiger partial charge in [-0.15, -0.1) is 0 Å². The monoisotopic (exact) mass is 293 g/mol. The highest BCUT2D eigenvalue weighted by molar-refractivity contribution is 6.31. The van der Waals surface area contributed by atoms with Crippen molar-refractivity contribution in [3.63, 3.8) is 0 Å². The molecule has 1 amide bonds. The van der Waals surface area contributed by atoms with E-state index in [0.717, 1.165) is 35.4 Å². The summed E-state index contributed by atoms with van der Waals surface area (Å²) in [5, 5.41) is 2.91. The number of likely N-dealkylation sites (N-methyl/N-ethyl adjacent to an activating group) is 1. The first kappa shape index (κ1) is 14.3. The van der Waals surface area contributed by atoms with Crippen LogP contribution in [-0.4, -0.2) is 29.4 Å². The second kappa shape index (κ2) is 6.02. The molecule has 2 heterocycles. The first-order chi connectivity index (χ1) is 10.6. The maximum atomic E-state index is 12.1. The van der Waals surface area contributed by atoms with Gasteiger partial charge in [-0.05, 0) is 43.2 Å². The number of nitrogens with zero attached hydrogens (tertiary/aromatic N) is 2. The molecule has 2 aromatic rings. The molecule has 0 unspecified atom stereocenters. The molecular formula is C18H19N3O.